The summed E-state index contributed by atoms with van der Waals surface area (Å²) in [6.45, 7) is 17.1. The lowest BCUT2D eigenvalue weighted by Crippen LogP contribution is -2.66. The molecule has 206 valence electrons. The van der Waals surface area contributed by atoms with Crippen molar-refractivity contribution in [1.29, 1.82) is 0 Å². The van der Waals surface area contributed by atoms with Crippen molar-refractivity contribution in [3.05, 3.63) is 23.8 Å². The lowest BCUT2D eigenvalue weighted by atomic mass is 9.35. The molecular weight excluding hydrogens is 464 g/mol. The van der Waals surface area contributed by atoms with E-state index in [2.05, 4.69) is 46.8 Å². The molecule has 0 radical (unpaired) electrons. The van der Waals surface area contributed by atoms with Crippen LogP contribution in [0.2, 0.25) is 0 Å². The average Bonchev–Trinajstić information content (AvgIpc) is 3.14. The molecule has 10 atom stereocenters. The Morgan fingerprint density at radius 2 is 1.78 bits per heavy atom. The summed E-state index contributed by atoms with van der Waals surface area (Å²) >= 11 is 0. The molecule has 0 aromatic heterocycles. The van der Waals surface area contributed by atoms with Crippen LogP contribution in [0.1, 0.15) is 87.5 Å². The third-order valence-corrected chi connectivity index (χ3v) is 12.8. The molecule has 0 unspecified atom stereocenters. The number of ether oxygens (including phenoxy) is 1. The summed E-state index contributed by atoms with van der Waals surface area (Å²) in [5.74, 6) is 0.595. The number of ketones is 1. The molecule has 0 aliphatic heterocycles. The summed E-state index contributed by atoms with van der Waals surface area (Å²) in [6.07, 6.45) is 9.51. The summed E-state index contributed by atoms with van der Waals surface area (Å²) in [7, 11) is 0. The van der Waals surface area contributed by atoms with Crippen LogP contribution >= 0.6 is 0 Å². The van der Waals surface area contributed by atoms with Crippen LogP contribution < -0.4 is 0 Å². The molecule has 5 aliphatic rings. The molecule has 0 aromatic rings. The van der Waals surface area contributed by atoms with Crippen molar-refractivity contribution in [1.82, 2.24) is 0 Å². The maximum Gasteiger partial charge on any atom is 0.302 e. The van der Waals surface area contributed by atoms with Crippen molar-refractivity contribution in [2.45, 2.75) is 99.7 Å². The number of esters is 1. The largest absolute Gasteiger partial charge is 0.462 e. The second kappa shape index (κ2) is 8.27. The number of carbonyl (C=O) groups is 2. The zero-order valence-corrected chi connectivity index (χ0v) is 24.1. The van der Waals surface area contributed by atoms with E-state index in [1.54, 1.807) is 6.08 Å². The average molecular weight is 513 g/mol. The SMILES string of the molecule is CC(=O)O[C@@H]1C[C@@H](C(C)C)[C@]2(CO)CC[C@@]3(C)[C@H]4C(=CC[C@]3(C)[C@@H]12)[C@@]1(C)C=CC(=O)C(C)(C)[C@@H]1C[C@@H]4O. The first kappa shape index (κ1) is 27.1. The Morgan fingerprint density at radius 1 is 1.11 bits per heavy atom. The van der Waals surface area contributed by atoms with Gasteiger partial charge in [0.25, 0.3) is 0 Å². The molecule has 37 heavy (non-hydrogen) atoms. The maximum atomic E-state index is 12.9. The molecule has 0 saturated heterocycles. The number of fused-ring (bicyclic) bond motifs is 7. The van der Waals surface area contributed by atoms with Crippen LogP contribution in [0.3, 0.4) is 0 Å². The maximum absolute atomic E-state index is 12.9. The first-order valence-electron chi connectivity index (χ1n) is 14.5. The third-order valence-electron chi connectivity index (χ3n) is 12.8. The van der Waals surface area contributed by atoms with E-state index in [0.29, 0.717) is 12.3 Å². The van der Waals surface area contributed by atoms with E-state index in [4.69, 9.17) is 4.74 Å². The molecular formula is C32H48O5. The van der Waals surface area contributed by atoms with Gasteiger partial charge in [-0.05, 0) is 66.8 Å². The number of aliphatic hydroxyl groups is 2. The Morgan fingerprint density at radius 3 is 2.38 bits per heavy atom. The molecule has 0 heterocycles. The van der Waals surface area contributed by atoms with E-state index in [0.717, 1.165) is 25.7 Å². The molecule has 0 amide bonds. The number of hydrogen-bond donors (Lipinski definition) is 2. The highest BCUT2D eigenvalue weighted by molar-refractivity contribution is 5.96. The van der Waals surface area contributed by atoms with Gasteiger partial charge in [0.2, 0.25) is 0 Å². The molecule has 0 spiro atoms. The highest BCUT2D eigenvalue weighted by atomic mass is 16.5. The van der Waals surface area contributed by atoms with Gasteiger partial charge in [0.1, 0.15) is 6.10 Å². The van der Waals surface area contributed by atoms with E-state index < -0.39 is 11.5 Å². The van der Waals surface area contributed by atoms with E-state index >= 15 is 0 Å². The van der Waals surface area contributed by atoms with Crippen LogP contribution in [0.5, 0.6) is 0 Å². The lowest BCUT2D eigenvalue weighted by Gasteiger charge is -2.69. The fourth-order valence-corrected chi connectivity index (χ4v) is 10.9. The van der Waals surface area contributed by atoms with Gasteiger partial charge in [0, 0.05) is 41.6 Å². The van der Waals surface area contributed by atoms with Gasteiger partial charge in [-0.1, -0.05) is 66.2 Å². The van der Waals surface area contributed by atoms with Crippen molar-refractivity contribution in [3.63, 3.8) is 0 Å². The van der Waals surface area contributed by atoms with E-state index in [9.17, 15) is 19.8 Å². The van der Waals surface area contributed by atoms with Crippen LogP contribution in [0.4, 0.5) is 0 Å². The fourth-order valence-electron chi connectivity index (χ4n) is 10.9. The molecule has 3 saturated carbocycles. The standard InChI is InChI=1S/C32H48O5/c1-18(2)21-15-23(37-19(3)34)27-31(8)12-9-20-26(30(31,7)13-14-32(21,27)17-33)22(35)16-24-28(4,5)25(36)10-11-29(20,24)6/h9-11,18,21-24,26-27,33,35H,12-17H2,1-8H3/t21-,22-,23+,24-,26-,27+,29+,30-,31+,32+/m0/s1. The molecule has 5 aliphatic carbocycles. The van der Waals surface area contributed by atoms with Gasteiger partial charge in [-0.25, -0.2) is 0 Å². The van der Waals surface area contributed by atoms with Crippen LogP contribution in [0, 0.1) is 56.7 Å². The minimum absolute atomic E-state index is 0.0236. The number of rotatable bonds is 3. The van der Waals surface area contributed by atoms with E-state index in [-0.39, 0.29) is 69.8 Å². The number of aliphatic hydroxyl groups excluding tert-OH is 2. The van der Waals surface area contributed by atoms with Crippen LogP contribution in [0.25, 0.3) is 0 Å². The Bertz CT molecular complexity index is 1060. The quantitative estimate of drug-likeness (QED) is 0.386. The zero-order valence-electron chi connectivity index (χ0n) is 24.1. The summed E-state index contributed by atoms with van der Waals surface area (Å²) in [6, 6.07) is 0. The van der Waals surface area contributed by atoms with Crippen molar-refractivity contribution in [2.75, 3.05) is 6.61 Å². The van der Waals surface area contributed by atoms with Crippen molar-refractivity contribution in [3.8, 4) is 0 Å². The van der Waals surface area contributed by atoms with Crippen LogP contribution in [-0.4, -0.2) is 40.8 Å². The van der Waals surface area contributed by atoms with Gasteiger partial charge in [-0.3, -0.25) is 9.59 Å². The molecule has 5 heteroatoms. The lowest BCUT2D eigenvalue weighted by molar-refractivity contribution is -0.208. The van der Waals surface area contributed by atoms with Crippen molar-refractivity contribution < 1.29 is 24.5 Å². The minimum Gasteiger partial charge on any atom is -0.462 e. The zero-order chi connectivity index (χ0) is 27.3. The first-order chi connectivity index (χ1) is 17.1. The van der Waals surface area contributed by atoms with Crippen molar-refractivity contribution >= 4 is 11.8 Å². The summed E-state index contributed by atoms with van der Waals surface area (Å²) in [5.41, 5.74) is -0.279. The van der Waals surface area contributed by atoms with Gasteiger partial charge >= 0.3 is 5.97 Å². The van der Waals surface area contributed by atoms with Gasteiger partial charge in [-0.2, -0.15) is 0 Å². The Labute approximate surface area is 223 Å². The summed E-state index contributed by atoms with van der Waals surface area (Å²) in [4.78, 5) is 25.2. The summed E-state index contributed by atoms with van der Waals surface area (Å²) in [5, 5.41) is 22.9. The topological polar surface area (TPSA) is 83.8 Å². The second-order valence-electron chi connectivity index (χ2n) is 14.8. The number of carbonyl (C=O) groups excluding carboxylic acids is 2. The highest BCUT2D eigenvalue weighted by Crippen LogP contribution is 2.76. The van der Waals surface area contributed by atoms with Gasteiger partial charge < -0.3 is 14.9 Å². The van der Waals surface area contributed by atoms with Gasteiger partial charge in [0.15, 0.2) is 5.78 Å². The molecule has 0 bridgehead atoms. The fraction of sp³-hybridized carbons (Fsp3) is 0.812. The Hall–Kier alpha value is -1.46. The van der Waals surface area contributed by atoms with Gasteiger partial charge in [-0.15, -0.1) is 0 Å². The molecule has 2 N–H and O–H groups in total. The highest BCUT2D eigenvalue weighted by Gasteiger charge is 2.73. The number of allylic oxidation sites excluding steroid dienone is 3. The molecule has 3 fully saturated rings. The Kier molecular flexibility index (Phi) is 6.06. The van der Waals surface area contributed by atoms with E-state index in [1.165, 1.54) is 12.5 Å². The molecule has 0 aromatic carbocycles. The van der Waals surface area contributed by atoms with Gasteiger partial charge in [0.05, 0.1) is 6.10 Å². The normalized spacial score (nSPS) is 50.0. The predicted octanol–water partition coefficient (Wildman–Crippen LogP) is 5.49. The first-order valence-corrected chi connectivity index (χ1v) is 14.5. The Balaban J connectivity index is 1.67. The predicted molar refractivity (Wildman–Crippen MR) is 143 cm³/mol. The smallest absolute Gasteiger partial charge is 0.302 e. The number of hydrogen-bond acceptors (Lipinski definition) is 5. The monoisotopic (exact) mass is 512 g/mol. The molecule has 5 rings (SSSR count). The summed E-state index contributed by atoms with van der Waals surface area (Å²) < 4.78 is 6.07. The van der Waals surface area contributed by atoms with Crippen LogP contribution in [-0.2, 0) is 14.3 Å². The molecule has 5 nitrogen and oxygen atoms in total. The third kappa shape index (κ3) is 3.28. The minimum atomic E-state index is -0.538. The second-order valence-corrected chi connectivity index (χ2v) is 14.8. The van der Waals surface area contributed by atoms with E-state index in [1.807, 2.05) is 13.8 Å². The van der Waals surface area contributed by atoms with Crippen molar-refractivity contribution in [2.24, 2.45) is 56.7 Å². The van der Waals surface area contributed by atoms with Crippen LogP contribution in [0.15, 0.2) is 23.8 Å².